The number of carbonyl (C=O) groups is 1. The second-order valence-electron chi connectivity index (χ2n) is 5.22. The van der Waals surface area contributed by atoms with Crippen LogP contribution in [0.3, 0.4) is 0 Å². The minimum absolute atomic E-state index is 0.0706. The van der Waals surface area contributed by atoms with Gasteiger partial charge in [0, 0.05) is 17.3 Å². The molecule has 0 amide bonds. The molecule has 2 aromatic carbocycles. The number of nitrogens with zero attached hydrogens (tertiary/aromatic N) is 2. The first-order valence-corrected chi connectivity index (χ1v) is 7.68. The van der Waals surface area contributed by atoms with Gasteiger partial charge < -0.3 is 9.84 Å². The van der Waals surface area contributed by atoms with Crippen molar-refractivity contribution < 1.29 is 19.0 Å². The molecule has 1 heterocycles. The lowest BCUT2D eigenvalue weighted by Crippen LogP contribution is -2.03. The van der Waals surface area contributed by atoms with Crippen LogP contribution in [0.2, 0.25) is 0 Å². The zero-order valence-corrected chi connectivity index (χ0v) is 13.4. The Hall–Kier alpha value is -3.28. The van der Waals surface area contributed by atoms with Crippen LogP contribution >= 0.6 is 0 Å². The molecule has 0 fully saturated rings. The topological polar surface area (TPSA) is 72.3 Å². The third kappa shape index (κ3) is 3.63. The third-order valence-corrected chi connectivity index (χ3v) is 3.56. The molecule has 0 atom stereocenters. The van der Waals surface area contributed by atoms with E-state index in [1.54, 1.807) is 43.5 Å². The molecule has 0 saturated heterocycles. The van der Waals surface area contributed by atoms with Crippen molar-refractivity contribution in [2.45, 2.75) is 6.92 Å². The number of hydrogen-bond donors (Lipinski definition) is 1. The van der Waals surface area contributed by atoms with Gasteiger partial charge in [-0.3, -0.25) is 0 Å². The number of benzene rings is 2. The number of carboxylic acid groups (broad SMARTS) is 1. The summed E-state index contributed by atoms with van der Waals surface area (Å²) in [6.07, 6.45) is 1.58. The Kier molecular flexibility index (Phi) is 4.70. The van der Waals surface area contributed by atoms with E-state index < -0.39 is 5.97 Å². The lowest BCUT2D eigenvalue weighted by molar-refractivity contribution is 0.0692. The van der Waals surface area contributed by atoms with Crippen LogP contribution in [0, 0.1) is 5.82 Å². The Morgan fingerprint density at radius 1 is 1.12 bits per heavy atom. The van der Waals surface area contributed by atoms with Crippen LogP contribution in [0.4, 0.5) is 4.39 Å². The van der Waals surface area contributed by atoms with E-state index in [2.05, 4.69) is 9.97 Å². The first-order valence-electron chi connectivity index (χ1n) is 7.68. The van der Waals surface area contributed by atoms with Crippen LogP contribution in [0.25, 0.3) is 22.6 Å². The molecule has 0 aliphatic heterocycles. The fourth-order valence-corrected chi connectivity index (χ4v) is 2.40. The van der Waals surface area contributed by atoms with Crippen molar-refractivity contribution in [3.05, 3.63) is 66.1 Å². The Labute approximate surface area is 143 Å². The minimum Gasteiger partial charge on any atom is -0.493 e. The largest absolute Gasteiger partial charge is 0.493 e. The number of halogens is 1. The maximum absolute atomic E-state index is 13.1. The highest BCUT2D eigenvalue weighted by Gasteiger charge is 2.14. The number of aromatic nitrogens is 2. The van der Waals surface area contributed by atoms with Crippen LogP contribution in [-0.4, -0.2) is 27.7 Å². The van der Waals surface area contributed by atoms with Crippen LogP contribution in [0.1, 0.15) is 17.3 Å². The zero-order valence-electron chi connectivity index (χ0n) is 13.4. The van der Waals surface area contributed by atoms with E-state index in [9.17, 15) is 14.3 Å². The monoisotopic (exact) mass is 338 g/mol. The number of aromatic carboxylic acids is 1. The molecular weight excluding hydrogens is 323 g/mol. The second-order valence-corrected chi connectivity index (χ2v) is 5.22. The first kappa shape index (κ1) is 16.6. The third-order valence-electron chi connectivity index (χ3n) is 3.56. The van der Waals surface area contributed by atoms with Gasteiger partial charge in [-0.2, -0.15) is 0 Å². The molecule has 5 nitrogen and oxygen atoms in total. The number of ether oxygens (including phenoxy) is 1. The quantitative estimate of drug-likeness (QED) is 0.760. The van der Waals surface area contributed by atoms with E-state index in [0.29, 0.717) is 35.0 Å². The summed E-state index contributed by atoms with van der Waals surface area (Å²) in [7, 11) is 0. The van der Waals surface area contributed by atoms with Gasteiger partial charge in [0.05, 0.1) is 12.3 Å². The summed E-state index contributed by atoms with van der Waals surface area (Å²) in [5.41, 5.74) is 1.94. The fourth-order valence-electron chi connectivity index (χ4n) is 2.40. The van der Waals surface area contributed by atoms with E-state index in [-0.39, 0.29) is 11.4 Å². The number of carboxylic acids is 1. The van der Waals surface area contributed by atoms with Gasteiger partial charge in [-0.25, -0.2) is 19.2 Å². The van der Waals surface area contributed by atoms with Crippen LogP contribution in [-0.2, 0) is 0 Å². The molecule has 0 aliphatic carbocycles. The molecule has 0 bridgehead atoms. The maximum Gasteiger partial charge on any atom is 0.339 e. The van der Waals surface area contributed by atoms with Crippen molar-refractivity contribution in [3.8, 4) is 28.4 Å². The van der Waals surface area contributed by atoms with E-state index in [1.165, 1.54) is 18.2 Å². The highest BCUT2D eigenvalue weighted by atomic mass is 19.1. The molecule has 0 aliphatic rings. The molecule has 126 valence electrons. The van der Waals surface area contributed by atoms with Crippen molar-refractivity contribution in [2.24, 2.45) is 0 Å². The van der Waals surface area contributed by atoms with Gasteiger partial charge in [0.25, 0.3) is 0 Å². The smallest absolute Gasteiger partial charge is 0.339 e. The van der Waals surface area contributed by atoms with E-state index in [0.717, 1.165) is 0 Å². The summed E-state index contributed by atoms with van der Waals surface area (Å²) in [5.74, 6) is -0.662. The van der Waals surface area contributed by atoms with Crippen molar-refractivity contribution in [1.29, 1.82) is 0 Å². The number of rotatable bonds is 5. The average molecular weight is 338 g/mol. The highest BCUT2D eigenvalue weighted by molar-refractivity contribution is 5.92. The van der Waals surface area contributed by atoms with Gasteiger partial charge in [0.2, 0.25) is 0 Å². The number of hydrogen-bond acceptors (Lipinski definition) is 4. The Balaban J connectivity index is 2.02. The van der Waals surface area contributed by atoms with Crippen LogP contribution in [0.15, 0.2) is 54.7 Å². The van der Waals surface area contributed by atoms with E-state index in [1.807, 2.05) is 0 Å². The molecular formula is C19H15FN2O3. The van der Waals surface area contributed by atoms with Crippen molar-refractivity contribution in [3.63, 3.8) is 0 Å². The normalized spacial score (nSPS) is 10.5. The highest BCUT2D eigenvalue weighted by Crippen LogP contribution is 2.27. The van der Waals surface area contributed by atoms with Gasteiger partial charge in [-0.1, -0.05) is 0 Å². The molecule has 6 heteroatoms. The van der Waals surface area contributed by atoms with E-state index in [4.69, 9.17) is 4.74 Å². The molecule has 0 saturated carbocycles. The Bertz CT molecular complexity index is 911. The van der Waals surface area contributed by atoms with Crippen LogP contribution < -0.4 is 4.74 Å². The molecule has 3 aromatic rings. The lowest BCUT2D eigenvalue weighted by Gasteiger charge is -2.10. The second kappa shape index (κ2) is 7.09. The van der Waals surface area contributed by atoms with Crippen molar-refractivity contribution >= 4 is 5.97 Å². The predicted octanol–water partition coefficient (Wildman–Crippen LogP) is 4.05. The summed E-state index contributed by atoms with van der Waals surface area (Å²) in [5, 5.41) is 9.37. The molecule has 3 rings (SSSR count). The zero-order chi connectivity index (χ0) is 17.8. The predicted molar refractivity (Wildman–Crippen MR) is 91.0 cm³/mol. The van der Waals surface area contributed by atoms with Gasteiger partial charge in [-0.15, -0.1) is 0 Å². The van der Waals surface area contributed by atoms with Gasteiger partial charge in [0.15, 0.2) is 5.82 Å². The lowest BCUT2D eigenvalue weighted by atomic mass is 10.1. The Morgan fingerprint density at radius 3 is 2.52 bits per heavy atom. The Morgan fingerprint density at radius 2 is 1.84 bits per heavy atom. The molecule has 1 N–H and O–H groups in total. The maximum atomic E-state index is 13.1. The van der Waals surface area contributed by atoms with Crippen molar-refractivity contribution in [2.75, 3.05) is 6.61 Å². The van der Waals surface area contributed by atoms with Crippen LogP contribution in [0.5, 0.6) is 5.75 Å². The molecule has 1 aromatic heterocycles. The summed E-state index contributed by atoms with van der Waals surface area (Å²) < 4.78 is 18.4. The molecule has 0 radical (unpaired) electrons. The van der Waals surface area contributed by atoms with Crippen molar-refractivity contribution in [1.82, 2.24) is 9.97 Å². The standard InChI is InChI=1S/C19H15FN2O3/c1-2-25-17-8-5-13(11-15(17)19(23)24)16-9-10-21-18(22-16)12-3-6-14(20)7-4-12/h3-11H,2H2,1H3,(H,23,24). The SMILES string of the molecule is CCOc1ccc(-c2ccnc(-c3ccc(F)cc3)n2)cc1C(=O)O. The summed E-state index contributed by atoms with van der Waals surface area (Å²) in [4.78, 5) is 20.1. The molecule has 0 unspecified atom stereocenters. The van der Waals surface area contributed by atoms with E-state index >= 15 is 0 Å². The molecule has 25 heavy (non-hydrogen) atoms. The minimum atomic E-state index is -1.07. The summed E-state index contributed by atoms with van der Waals surface area (Å²) >= 11 is 0. The molecule has 0 spiro atoms. The summed E-state index contributed by atoms with van der Waals surface area (Å²) in [6.45, 7) is 2.17. The summed E-state index contributed by atoms with van der Waals surface area (Å²) in [6, 6.07) is 12.4. The average Bonchev–Trinajstić information content (AvgIpc) is 2.63. The van der Waals surface area contributed by atoms with Gasteiger partial charge in [-0.05, 0) is 55.5 Å². The fraction of sp³-hybridized carbons (Fsp3) is 0.105. The van der Waals surface area contributed by atoms with Gasteiger partial charge in [0.1, 0.15) is 17.1 Å². The first-order chi connectivity index (χ1) is 12.1. The van der Waals surface area contributed by atoms with Gasteiger partial charge >= 0.3 is 5.97 Å².